The Kier molecular flexibility index (Phi) is 6.57. The smallest absolute Gasteiger partial charge is 0.318 e. The van der Waals surface area contributed by atoms with E-state index in [1.807, 2.05) is 24.3 Å². The van der Waals surface area contributed by atoms with E-state index in [4.69, 9.17) is 14.7 Å². The predicted octanol–water partition coefficient (Wildman–Crippen LogP) is 3.76. The first kappa shape index (κ1) is 20.1. The van der Waals surface area contributed by atoms with E-state index < -0.39 is 5.82 Å². The van der Waals surface area contributed by atoms with E-state index in [1.54, 1.807) is 19.2 Å². The highest BCUT2D eigenvalue weighted by atomic mass is 19.1. The lowest BCUT2D eigenvalue weighted by molar-refractivity contribution is 0.321. The van der Waals surface area contributed by atoms with Crippen LogP contribution < -0.4 is 14.8 Å². The summed E-state index contributed by atoms with van der Waals surface area (Å²) >= 11 is 0. The molecule has 0 radical (unpaired) electrons. The van der Waals surface area contributed by atoms with Crippen LogP contribution in [0.2, 0.25) is 0 Å². The molecule has 0 aliphatic carbocycles. The van der Waals surface area contributed by atoms with Crippen molar-refractivity contribution in [3.8, 4) is 23.0 Å². The lowest BCUT2D eigenvalue weighted by Gasteiger charge is -2.10. The Bertz CT molecular complexity index is 994. The summed E-state index contributed by atoms with van der Waals surface area (Å²) in [5.74, 6) is 0.907. The highest BCUT2D eigenvalue weighted by Gasteiger charge is 2.10. The molecule has 29 heavy (non-hydrogen) atoms. The second-order valence-corrected chi connectivity index (χ2v) is 6.13. The molecule has 0 spiro atoms. The normalized spacial score (nSPS) is 10.9. The topological polar surface area (TPSA) is 88.9 Å². The van der Waals surface area contributed by atoms with Gasteiger partial charge in [0.1, 0.15) is 17.4 Å². The maximum Gasteiger partial charge on any atom is 0.318 e. The van der Waals surface area contributed by atoms with Crippen molar-refractivity contribution in [2.45, 2.75) is 6.42 Å². The molecule has 0 fully saturated rings. The zero-order chi connectivity index (χ0) is 20.6. The van der Waals surface area contributed by atoms with Gasteiger partial charge in [0.25, 0.3) is 0 Å². The summed E-state index contributed by atoms with van der Waals surface area (Å²) < 4.78 is 24.1. The largest absolute Gasteiger partial charge is 0.497 e. The van der Waals surface area contributed by atoms with Crippen LogP contribution in [0.4, 0.5) is 10.2 Å². The molecular formula is C21H21FN4O3. The van der Waals surface area contributed by atoms with Crippen molar-refractivity contribution >= 4 is 12.0 Å². The van der Waals surface area contributed by atoms with Crippen molar-refractivity contribution in [1.82, 2.24) is 9.97 Å². The third-order valence-corrected chi connectivity index (χ3v) is 4.26. The van der Waals surface area contributed by atoms with E-state index in [-0.39, 0.29) is 11.6 Å². The van der Waals surface area contributed by atoms with Crippen molar-refractivity contribution in [2.75, 3.05) is 26.1 Å². The SMILES string of the molecule is COc1ccc(CCNc2cc(-c3ccc(F)c(/C=N/O)c3)nc(OC)n2)cc1. The van der Waals surface area contributed by atoms with Gasteiger partial charge in [-0.1, -0.05) is 17.3 Å². The summed E-state index contributed by atoms with van der Waals surface area (Å²) in [5, 5.41) is 14.8. The van der Waals surface area contributed by atoms with Crippen molar-refractivity contribution in [1.29, 1.82) is 0 Å². The maximum absolute atomic E-state index is 13.8. The fraction of sp³-hybridized carbons (Fsp3) is 0.190. The molecule has 0 aliphatic rings. The summed E-state index contributed by atoms with van der Waals surface area (Å²) in [6, 6.07) is 14.2. The number of rotatable bonds is 8. The number of benzene rings is 2. The Balaban J connectivity index is 1.77. The molecule has 0 saturated carbocycles. The average molecular weight is 396 g/mol. The van der Waals surface area contributed by atoms with Crippen LogP contribution in [0.15, 0.2) is 53.7 Å². The number of anilines is 1. The van der Waals surface area contributed by atoms with Gasteiger partial charge in [-0.15, -0.1) is 0 Å². The Morgan fingerprint density at radius 2 is 1.86 bits per heavy atom. The minimum Gasteiger partial charge on any atom is -0.497 e. The van der Waals surface area contributed by atoms with Crippen molar-refractivity contribution in [3.05, 3.63) is 65.5 Å². The molecule has 3 rings (SSSR count). The number of aromatic nitrogens is 2. The zero-order valence-corrected chi connectivity index (χ0v) is 16.1. The van der Waals surface area contributed by atoms with Crippen molar-refractivity contribution < 1.29 is 19.1 Å². The molecule has 0 atom stereocenters. The number of hydrogen-bond acceptors (Lipinski definition) is 7. The number of nitrogens with one attached hydrogen (secondary N) is 1. The van der Waals surface area contributed by atoms with Gasteiger partial charge >= 0.3 is 6.01 Å². The van der Waals surface area contributed by atoms with E-state index in [1.165, 1.54) is 19.2 Å². The molecule has 2 aromatic carbocycles. The highest BCUT2D eigenvalue weighted by molar-refractivity contribution is 5.82. The zero-order valence-electron chi connectivity index (χ0n) is 16.1. The molecule has 0 saturated heterocycles. The van der Waals surface area contributed by atoms with Gasteiger partial charge in [0, 0.05) is 23.7 Å². The molecule has 0 unspecified atom stereocenters. The van der Waals surface area contributed by atoms with Gasteiger partial charge in [-0.05, 0) is 42.3 Å². The average Bonchev–Trinajstić information content (AvgIpc) is 2.75. The van der Waals surface area contributed by atoms with Crippen LogP contribution in [0.3, 0.4) is 0 Å². The number of nitrogens with zero attached hydrogens (tertiary/aromatic N) is 3. The number of ether oxygens (including phenoxy) is 2. The first-order chi connectivity index (χ1) is 14.1. The molecule has 8 heteroatoms. The van der Waals surface area contributed by atoms with Crippen molar-refractivity contribution in [3.63, 3.8) is 0 Å². The summed E-state index contributed by atoms with van der Waals surface area (Å²) in [6.07, 6.45) is 1.82. The predicted molar refractivity (Wildman–Crippen MR) is 109 cm³/mol. The number of halogens is 1. The van der Waals surface area contributed by atoms with Gasteiger partial charge in [-0.2, -0.15) is 9.97 Å². The molecule has 1 aromatic heterocycles. The second-order valence-electron chi connectivity index (χ2n) is 6.13. The maximum atomic E-state index is 13.8. The number of methoxy groups -OCH3 is 2. The van der Waals surface area contributed by atoms with Crippen LogP contribution in [-0.4, -0.2) is 42.2 Å². The van der Waals surface area contributed by atoms with Crippen LogP contribution in [0.5, 0.6) is 11.8 Å². The Morgan fingerprint density at radius 3 is 2.55 bits per heavy atom. The highest BCUT2D eigenvalue weighted by Crippen LogP contribution is 2.24. The van der Waals surface area contributed by atoms with E-state index >= 15 is 0 Å². The van der Waals surface area contributed by atoms with Gasteiger partial charge in [0.2, 0.25) is 0 Å². The molecule has 7 nitrogen and oxygen atoms in total. The third-order valence-electron chi connectivity index (χ3n) is 4.26. The fourth-order valence-electron chi connectivity index (χ4n) is 2.75. The van der Waals surface area contributed by atoms with Crippen LogP contribution in [0.1, 0.15) is 11.1 Å². The van der Waals surface area contributed by atoms with Crippen LogP contribution >= 0.6 is 0 Å². The summed E-state index contributed by atoms with van der Waals surface area (Å²) in [6.45, 7) is 0.651. The van der Waals surface area contributed by atoms with E-state index in [0.29, 0.717) is 23.6 Å². The van der Waals surface area contributed by atoms with Gasteiger partial charge in [-0.3, -0.25) is 0 Å². The number of hydrogen-bond donors (Lipinski definition) is 2. The molecule has 0 amide bonds. The van der Waals surface area contributed by atoms with Crippen LogP contribution in [0, 0.1) is 5.82 Å². The fourth-order valence-corrected chi connectivity index (χ4v) is 2.75. The Labute approximate surface area is 167 Å². The Hall–Kier alpha value is -3.68. The molecule has 0 bridgehead atoms. The minimum absolute atomic E-state index is 0.150. The molecule has 2 N–H and O–H groups in total. The first-order valence-electron chi connectivity index (χ1n) is 8.90. The van der Waals surface area contributed by atoms with Gasteiger partial charge in [0.15, 0.2) is 0 Å². The van der Waals surface area contributed by atoms with E-state index in [2.05, 4.69) is 20.4 Å². The quantitative estimate of drug-likeness (QED) is 0.342. The third kappa shape index (κ3) is 5.19. The Morgan fingerprint density at radius 1 is 1.07 bits per heavy atom. The second kappa shape index (κ2) is 9.50. The monoisotopic (exact) mass is 396 g/mol. The molecular weight excluding hydrogens is 375 g/mol. The summed E-state index contributed by atoms with van der Waals surface area (Å²) in [7, 11) is 3.12. The lowest BCUT2D eigenvalue weighted by Crippen LogP contribution is -2.08. The molecule has 0 aliphatic heterocycles. The molecule has 150 valence electrons. The standard InChI is InChI=1S/C21H21FN4O3/c1-28-17-6-3-14(4-7-17)9-10-23-20-12-19(25-21(26-20)29-2)15-5-8-18(22)16(11-15)13-24-27/h3-8,11-13,27H,9-10H2,1-2H3,(H,23,25,26)/b24-13+. The van der Waals surface area contributed by atoms with Gasteiger partial charge in [0.05, 0.1) is 26.1 Å². The molecule has 3 aromatic rings. The van der Waals surface area contributed by atoms with Crippen molar-refractivity contribution in [2.24, 2.45) is 5.16 Å². The van der Waals surface area contributed by atoms with E-state index in [9.17, 15) is 4.39 Å². The molecule has 1 heterocycles. The lowest BCUT2D eigenvalue weighted by atomic mass is 10.1. The summed E-state index contributed by atoms with van der Waals surface area (Å²) in [5.41, 5.74) is 2.50. The van der Waals surface area contributed by atoms with Gasteiger partial charge in [-0.25, -0.2) is 4.39 Å². The first-order valence-corrected chi connectivity index (χ1v) is 8.90. The van der Waals surface area contributed by atoms with Gasteiger partial charge < -0.3 is 20.0 Å². The van der Waals surface area contributed by atoms with Crippen LogP contribution in [0.25, 0.3) is 11.3 Å². The summed E-state index contributed by atoms with van der Waals surface area (Å²) in [4.78, 5) is 8.63. The number of oxime groups is 1. The minimum atomic E-state index is -0.495. The van der Waals surface area contributed by atoms with Crippen LogP contribution in [-0.2, 0) is 6.42 Å². The van der Waals surface area contributed by atoms with E-state index in [0.717, 1.165) is 23.9 Å².